The minimum Gasteiger partial charge on any atom is -0.495 e. The number of ether oxygens (including phenoxy) is 1. The second-order valence-electron chi connectivity index (χ2n) is 6.76. The zero-order chi connectivity index (χ0) is 18.5. The summed E-state index contributed by atoms with van der Waals surface area (Å²) in [6, 6.07) is 14.4. The van der Waals surface area contributed by atoms with E-state index in [2.05, 4.69) is 41.4 Å². The molecule has 0 atom stereocenters. The molecule has 1 aliphatic rings. The maximum Gasteiger partial charge on any atom is 0.241 e. The van der Waals surface area contributed by atoms with E-state index < -0.39 is 0 Å². The SMILES string of the molecule is COc1ccc(C)cc1NCC(=O)N1CCN(c2cccc(C)c2)CC1. The molecule has 0 unspecified atom stereocenters. The van der Waals surface area contributed by atoms with Gasteiger partial charge in [0.1, 0.15) is 5.75 Å². The third-order valence-electron chi connectivity index (χ3n) is 4.78. The molecule has 3 rings (SSSR count). The molecule has 1 fully saturated rings. The molecule has 1 N–H and O–H groups in total. The Morgan fingerprint density at radius 2 is 1.77 bits per heavy atom. The molecule has 1 aliphatic heterocycles. The third kappa shape index (κ3) is 4.28. The van der Waals surface area contributed by atoms with Crippen LogP contribution in [0.5, 0.6) is 5.75 Å². The average Bonchev–Trinajstić information content (AvgIpc) is 2.66. The Morgan fingerprint density at radius 3 is 2.46 bits per heavy atom. The first kappa shape index (κ1) is 18.1. The molecule has 138 valence electrons. The fraction of sp³-hybridized carbons (Fsp3) is 0.381. The van der Waals surface area contributed by atoms with Crippen molar-refractivity contribution in [3.8, 4) is 5.75 Å². The number of hydrogen-bond acceptors (Lipinski definition) is 4. The number of amides is 1. The van der Waals surface area contributed by atoms with E-state index in [1.54, 1.807) is 7.11 Å². The van der Waals surface area contributed by atoms with Crippen molar-refractivity contribution in [1.29, 1.82) is 0 Å². The lowest BCUT2D eigenvalue weighted by Gasteiger charge is -2.36. The fourth-order valence-corrected chi connectivity index (χ4v) is 3.28. The van der Waals surface area contributed by atoms with Gasteiger partial charge in [-0.15, -0.1) is 0 Å². The number of rotatable bonds is 5. The maximum absolute atomic E-state index is 12.6. The van der Waals surface area contributed by atoms with Gasteiger partial charge in [0.25, 0.3) is 0 Å². The number of aryl methyl sites for hydroxylation is 2. The average molecular weight is 353 g/mol. The van der Waals surface area contributed by atoms with Crippen molar-refractivity contribution in [1.82, 2.24) is 4.90 Å². The number of benzene rings is 2. The molecule has 26 heavy (non-hydrogen) atoms. The molecule has 0 radical (unpaired) electrons. The summed E-state index contributed by atoms with van der Waals surface area (Å²) in [4.78, 5) is 16.8. The number of piperazine rings is 1. The van der Waals surface area contributed by atoms with Crippen LogP contribution in [-0.2, 0) is 4.79 Å². The van der Waals surface area contributed by atoms with Gasteiger partial charge in [-0.2, -0.15) is 0 Å². The van der Waals surface area contributed by atoms with Crippen LogP contribution in [0.2, 0.25) is 0 Å². The van der Waals surface area contributed by atoms with Crippen molar-refractivity contribution in [3.63, 3.8) is 0 Å². The Morgan fingerprint density at radius 1 is 1.04 bits per heavy atom. The summed E-state index contributed by atoms with van der Waals surface area (Å²) in [6.45, 7) is 7.64. The van der Waals surface area contributed by atoms with Gasteiger partial charge in [-0.25, -0.2) is 0 Å². The van der Waals surface area contributed by atoms with Gasteiger partial charge in [-0.1, -0.05) is 18.2 Å². The van der Waals surface area contributed by atoms with E-state index >= 15 is 0 Å². The summed E-state index contributed by atoms with van der Waals surface area (Å²) in [5.74, 6) is 0.880. The van der Waals surface area contributed by atoms with Gasteiger partial charge < -0.3 is 19.9 Å². The number of hydrogen-bond donors (Lipinski definition) is 1. The molecule has 0 aliphatic carbocycles. The molecule has 0 spiro atoms. The van der Waals surface area contributed by atoms with Gasteiger partial charge in [0.2, 0.25) is 5.91 Å². The summed E-state index contributed by atoms with van der Waals surface area (Å²) >= 11 is 0. The number of methoxy groups -OCH3 is 1. The minimum atomic E-state index is 0.123. The predicted octanol–water partition coefficient (Wildman–Crippen LogP) is 3.07. The van der Waals surface area contributed by atoms with Crippen molar-refractivity contribution >= 4 is 17.3 Å². The van der Waals surface area contributed by atoms with E-state index in [4.69, 9.17) is 4.74 Å². The summed E-state index contributed by atoms with van der Waals surface area (Å²) in [5, 5.41) is 3.22. The third-order valence-corrected chi connectivity index (χ3v) is 4.78. The van der Waals surface area contributed by atoms with Crippen LogP contribution >= 0.6 is 0 Å². The minimum absolute atomic E-state index is 0.123. The predicted molar refractivity (Wildman–Crippen MR) is 106 cm³/mol. The first-order valence-corrected chi connectivity index (χ1v) is 9.05. The van der Waals surface area contributed by atoms with Crippen LogP contribution in [0.1, 0.15) is 11.1 Å². The van der Waals surface area contributed by atoms with Gasteiger partial charge in [-0.3, -0.25) is 4.79 Å². The van der Waals surface area contributed by atoms with Crippen molar-refractivity contribution < 1.29 is 9.53 Å². The van der Waals surface area contributed by atoms with Gasteiger partial charge in [0, 0.05) is 31.9 Å². The number of nitrogens with one attached hydrogen (secondary N) is 1. The number of anilines is 2. The van der Waals surface area contributed by atoms with Gasteiger partial charge >= 0.3 is 0 Å². The quantitative estimate of drug-likeness (QED) is 0.897. The normalized spacial score (nSPS) is 14.3. The molecule has 5 nitrogen and oxygen atoms in total. The largest absolute Gasteiger partial charge is 0.495 e. The Bertz CT molecular complexity index is 768. The van der Waals surface area contributed by atoms with Crippen LogP contribution < -0.4 is 15.0 Å². The molecule has 1 heterocycles. The highest BCUT2D eigenvalue weighted by atomic mass is 16.5. The first-order valence-electron chi connectivity index (χ1n) is 9.05. The molecule has 0 saturated carbocycles. The molecular weight excluding hydrogens is 326 g/mol. The van der Waals surface area contributed by atoms with E-state index in [0.29, 0.717) is 0 Å². The Balaban J connectivity index is 1.53. The summed E-state index contributed by atoms with van der Waals surface area (Å²) < 4.78 is 5.36. The standard InChI is InChI=1S/C21H27N3O2/c1-16-5-4-6-18(13-16)23-9-11-24(12-10-23)21(25)15-22-19-14-17(2)7-8-20(19)26-3/h4-8,13-14,22H,9-12,15H2,1-3H3. The highest BCUT2D eigenvalue weighted by Gasteiger charge is 2.21. The lowest BCUT2D eigenvalue weighted by Crippen LogP contribution is -2.50. The van der Waals surface area contributed by atoms with E-state index in [1.807, 2.05) is 30.0 Å². The molecule has 0 aromatic heterocycles. The molecular formula is C21H27N3O2. The van der Waals surface area contributed by atoms with Gasteiger partial charge in [-0.05, 0) is 49.2 Å². The highest BCUT2D eigenvalue weighted by Crippen LogP contribution is 2.25. The second kappa shape index (κ2) is 8.13. The summed E-state index contributed by atoms with van der Waals surface area (Å²) in [5.41, 5.74) is 4.49. The van der Waals surface area contributed by atoms with E-state index in [-0.39, 0.29) is 12.5 Å². The molecule has 0 bridgehead atoms. The van der Waals surface area contributed by atoms with Crippen LogP contribution in [0.15, 0.2) is 42.5 Å². The molecule has 1 amide bonds. The monoisotopic (exact) mass is 353 g/mol. The Labute approximate surface area is 155 Å². The van der Waals surface area contributed by atoms with Crippen LogP contribution in [0.3, 0.4) is 0 Å². The van der Waals surface area contributed by atoms with Crippen molar-refractivity contribution in [3.05, 3.63) is 53.6 Å². The van der Waals surface area contributed by atoms with E-state index in [9.17, 15) is 4.79 Å². The van der Waals surface area contributed by atoms with Crippen molar-refractivity contribution in [2.24, 2.45) is 0 Å². The first-order chi connectivity index (χ1) is 12.6. The zero-order valence-electron chi connectivity index (χ0n) is 15.8. The van der Waals surface area contributed by atoms with E-state index in [1.165, 1.54) is 11.3 Å². The van der Waals surface area contributed by atoms with Crippen LogP contribution in [0.25, 0.3) is 0 Å². The molecule has 2 aromatic carbocycles. The van der Waals surface area contributed by atoms with E-state index in [0.717, 1.165) is 43.2 Å². The van der Waals surface area contributed by atoms with Gasteiger partial charge in [0.15, 0.2) is 0 Å². The second-order valence-corrected chi connectivity index (χ2v) is 6.76. The number of carbonyl (C=O) groups excluding carboxylic acids is 1. The van der Waals surface area contributed by atoms with Crippen LogP contribution in [0, 0.1) is 13.8 Å². The lowest BCUT2D eigenvalue weighted by atomic mass is 10.2. The number of nitrogens with zero attached hydrogens (tertiary/aromatic N) is 2. The molecule has 2 aromatic rings. The summed E-state index contributed by atoms with van der Waals surface area (Å²) in [6.07, 6.45) is 0. The van der Waals surface area contributed by atoms with Crippen molar-refractivity contribution in [2.75, 3.05) is 50.1 Å². The molecule has 1 saturated heterocycles. The lowest BCUT2D eigenvalue weighted by molar-refractivity contribution is -0.129. The molecule has 5 heteroatoms. The van der Waals surface area contributed by atoms with Crippen LogP contribution in [-0.4, -0.2) is 50.6 Å². The fourth-order valence-electron chi connectivity index (χ4n) is 3.28. The number of carbonyl (C=O) groups is 1. The van der Waals surface area contributed by atoms with Crippen molar-refractivity contribution in [2.45, 2.75) is 13.8 Å². The Kier molecular flexibility index (Phi) is 5.66. The maximum atomic E-state index is 12.6. The Hall–Kier alpha value is -2.69. The smallest absolute Gasteiger partial charge is 0.241 e. The zero-order valence-corrected chi connectivity index (χ0v) is 15.8. The topological polar surface area (TPSA) is 44.8 Å². The highest BCUT2D eigenvalue weighted by molar-refractivity contribution is 5.81. The summed E-state index contributed by atoms with van der Waals surface area (Å²) in [7, 11) is 1.64. The van der Waals surface area contributed by atoms with Gasteiger partial charge in [0.05, 0.1) is 19.3 Å². The van der Waals surface area contributed by atoms with Crippen LogP contribution in [0.4, 0.5) is 11.4 Å².